The summed E-state index contributed by atoms with van der Waals surface area (Å²) in [6.07, 6.45) is 8.01. The Morgan fingerprint density at radius 1 is 1.12 bits per heavy atom. The Morgan fingerprint density at radius 3 is 2.29 bits per heavy atom. The largest absolute Gasteiger partial charge is 0.493 e. The van der Waals surface area contributed by atoms with Crippen LogP contribution in [0.3, 0.4) is 0 Å². The molecular weight excluding hydrogens is 234 g/mol. The van der Waals surface area contributed by atoms with E-state index in [-0.39, 0.29) is 0 Å². The molecule has 17 heavy (non-hydrogen) atoms. The molecule has 4 nitrogen and oxygen atoms in total. The van der Waals surface area contributed by atoms with Crippen molar-refractivity contribution in [1.82, 2.24) is 15.0 Å². The van der Waals surface area contributed by atoms with Crippen LogP contribution in [0, 0.1) is 0 Å². The van der Waals surface area contributed by atoms with Gasteiger partial charge >= 0.3 is 0 Å². The highest BCUT2D eigenvalue weighted by Crippen LogP contribution is 2.14. The van der Waals surface area contributed by atoms with Crippen molar-refractivity contribution in [1.29, 1.82) is 0 Å². The highest BCUT2D eigenvalue weighted by atomic mass is 32.1. The fraction of sp³-hybridized carbons (Fsp3) is 0.417. The number of aromatic nitrogens is 3. The molecule has 5 heteroatoms. The van der Waals surface area contributed by atoms with E-state index in [9.17, 15) is 0 Å². The Morgan fingerprint density at radius 2 is 1.82 bits per heavy atom. The lowest BCUT2D eigenvalue weighted by atomic mass is 10.3. The van der Waals surface area contributed by atoms with Gasteiger partial charge < -0.3 is 4.74 Å². The molecule has 0 unspecified atom stereocenters. The van der Waals surface area contributed by atoms with Gasteiger partial charge in [0.05, 0.1) is 6.61 Å². The molecular formula is C12H17N3OS. The molecule has 0 radical (unpaired) electrons. The van der Waals surface area contributed by atoms with Crippen LogP contribution < -0.4 is 4.74 Å². The summed E-state index contributed by atoms with van der Waals surface area (Å²) in [6, 6.07) is 2.01. The third-order valence-corrected chi connectivity index (χ3v) is 2.57. The molecule has 0 fully saturated rings. The van der Waals surface area contributed by atoms with Crippen LogP contribution in [0.4, 0.5) is 0 Å². The topological polar surface area (TPSA) is 47.9 Å². The lowest BCUT2D eigenvalue weighted by Crippen LogP contribution is -1.95. The van der Waals surface area contributed by atoms with Crippen molar-refractivity contribution in [3.63, 3.8) is 0 Å². The van der Waals surface area contributed by atoms with Gasteiger partial charge in [-0.2, -0.15) is 0 Å². The van der Waals surface area contributed by atoms with Crippen LogP contribution in [0.2, 0.25) is 0 Å². The summed E-state index contributed by atoms with van der Waals surface area (Å²) >= 11 is 1.68. The predicted molar refractivity (Wildman–Crippen MR) is 69.2 cm³/mol. The highest BCUT2D eigenvalue weighted by molar-refractivity contribution is 7.08. The van der Waals surface area contributed by atoms with E-state index in [4.69, 9.17) is 4.74 Å². The zero-order chi connectivity index (χ0) is 12.2. The fourth-order valence-corrected chi connectivity index (χ4v) is 1.65. The summed E-state index contributed by atoms with van der Waals surface area (Å²) in [5.41, 5.74) is 0. The van der Waals surface area contributed by atoms with Gasteiger partial charge in [-0.3, -0.25) is 0 Å². The van der Waals surface area contributed by atoms with Crippen molar-refractivity contribution in [2.24, 2.45) is 0 Å². The van der Waals surface area contributed by atoms with Crippen LogP contribution in [-0.2, 0) is 0 Å². The lowest BCUT2D eigenvalue weighted by molar-refractivity contribution is 0.307. The molecule has 2 aromatic heterocycles. The number of ether oxygens (including phenoxy) is 1. The Balaban J connectivity index is 0.000000202. The molecule has 0 aliphatic rings. The number of rotatable bonds is 5. The lowest BCUT2D eigenvalue weighted by Gasteiger charge is -2.01. The van der Waals surface area contributed by atoms with Crippen molar-refractivity contribution in [3.8, 4) is 5.75 Å². The van der Waals surface area contributed by atoms with Gasteiger partial charge in [0.2, 0.25) is 0 Å². The first-order valence-corrected chi connectivity index (χ1v) is 6.57. The normalized spacial score (nSPS) is 9.24. The number of hydrogen-bond donors (Lipinski definition) is 0. The summed E-state index contributed by atoms with van der Waals surface area (Å²) < 4.78 is 5.46. The molecule has 2 heterocycles. The van der Waals surface area contributed by atoms with Gasteiger partial charge in [-0.15, -0.1) is 11.3 Å². The maximum absolute atomic E-state index is 5.46. The molecule has 0 atom stereocenters. The molecule has 2 rings (SSSR count). The average Bonchev–Trinajstić information content (AvgIpc) is 2.91. The highest BCUT2D eigenvalue weighted by Gasteiger charge is 1.91. The third-order valence-electron chi connectivity index (χ3n) is 1.91. The van der Waals surface area contributed by atoms with Crippen LogP contribution in [0.5, 0.6) is 5.75 Å². The van der Waals surface area contributed by atoms with E-state index in [2.05, 4.69) is 21.9 Å². The van der Waals surface area contributed by atoms with E-state index in [0.29, 0.717) is 0 Å². The van der Waals surface area contributed by atoms with Crippen molar-refractivity contribution in [2.75, 3.05) is 6.61 Å². The Hall–Kier alpha value is -1.49. The molecule has 92 valence electrons. The van der Waals surface area contributed by atoms with Crippen LogP contribution in [0.25, 0.3) is 0 Å². The van der Waals surface area contributed by atoms with Crippen LogP contribution in [0.15, 0.2) is 35.8 Å². The number of thiophene rings is 1. The predicted octanol–water partition coefficient (Wildman–Crippen LogP) is 3.19. The van der Waals surface area contributed by atoms with Gasteiger partial charge in [0, 0.05) is 5.38 Å². The second kappa shape index (κ2) is 9.72. The fourth-order valence-electron chi connectivity index (χ4n) is 1.08. The number of nitrogens with zero attached hydrogens (tertiary/aromatic N) is 3. The summed E-state index contributed by atoms with van der Waals surface area (Å²) in [5, 5.41) is 4.07. The monoisotopic (exact) mass is 251 g/mol. The first kappa shape index (κ1) is 13.6. The Kier molecular flexibility index (Phi) is 7.76. The second-order valence-corrected chi connectivity index (χ2v) is 4.09. The molecule has 0 aliphatic heterocycles. The van der Waals surface area contributed by atoms with Gasteiger partial charge in [-0.05, 0) is 17.9 Å². The van der Waals surface area contributed by atoms with E-state index in [1.54, 1.807) is 11.3 Å². The maximum atomic E-state index is 5.46. The molecule has 0 spiro atoms. The minimum atomic E-state index is 0.866. The van der Waals surface area contributed by atoms with E-state index in [0.717, 1.165) is 12.4 Å². The molecule has 0 amide bonds. The number of unbranched alkanes of at least 4 members (excludes halogenated alkanes) is 2. The first-order chi connectivity index (χ1) is 8.43. The van der Waals surface area contributed by atoms with E-state index >= 15 is 0 Å². The summed E-state index contributed by atoms with van der Waals surface area (Å²) in [4.78, 5) is 10.7. The van der Waals surface area contributed by atoms with E-state index in [1.807, 2.05) is 16.8 Å². The second-order valence-electron chi connectivity index (χ2n) is 3.31. The third kappa shape index (κ3) is 7.41. The molecule has 0 saturated heterocycles. The van der Waals surface area contributed by atoms with Gasteiger partial charge in [-0.25, -0.2) is 15.0 Å². The number of hydrogen-bond acceptors (Lipinski definition) is 5. The Bertz CT molecular complexity index is 326. The van der Waals surface area contributed by atoms with Crippen LogP contribution >= 0.6 is 11.3 Å². The quantitative estimate of drug-likeness (QED) is 0.766. The average molecular weight is 251 g/mol. The van der Waals surface area contributed by atoms with Crippen molar-refractivity contribution >= 4 is 11.3 Å². The molecule has 0 bridgehead atoms. The molecule has 0 N–H and O–H groups in total. The smallest absolute Gasteiger partial charge is 0.129 e. The van der Waals surface area contributed by atoms with Crippen molar-refractivity contribution in [2.45, 2.75) is 26.2 Å². The van der Waals surface area contributed by atoms with Gasteiger partial charge in [-0.1, -0.05) is 19.8 Å². The zero-order valence-corrected chi connectivity index (χ0v) is 10.8. The van der Waals surface area contributed by atoms with Gasteiger partial charge in [0.25, 0.3) is 0 Å². The molecule has 2 aromatic rings. The summed E-state index contributed by atoms with van der Waals surface area (Å²) in [6.45, 7) is 3.06. The van der Waals surface area contributed by atoms with Gasteiger partial charge in [0.1, 0.15) is 24.7 Å². The SMILES string of the molecule is CCCCCOc1ccsc1.c1ncncn1. The zero-order valence-electron chi connectivity index (χ0n) is 9.95. The summed E-state index contributed by atoms with van der Waals surface area (Å²) in [7, 11) is 0. The molecule has 0 aliphatic carbocycles. The standard InChI is InChI=1S/C9H14OS.C3H3N3/c1-2-3-4-6-10-9-5-7-11-8-9;1-4-2-6-3-5-1/h5,7-8H,2-4,6H2,1H3;1-3H. The van der Waals surface area contributed by atoms with E-state index < -0.39 is 0 Å². The minimum absolute atomic E-state index is 0.866. The molecule has 0 aromatic carbocycles. The van der Waals surface area contributed by atoms with Gasteiger partial charge in [0.15, 0.2) is 0 Å². The van der Waals surface area contributed by atoms with Crippen LogP contribution in [-0.4, -0.2) is 21.6 Å². The van der Waals surface area contributed by atoms with Crippen LogP contribution in [0.1, 0.15) is 26.2 Å². The molecule has 0 saturated carbocycles. The maximum Gasteiger partial charge on any atom is 0.129 e. The summed E-state index contributed by atoms with van der Waals surface area (Å²) in [5.74, 6) is 1.02. The van der Waals surface area contributed by atoms with Crippen molar-refractivity contribution < 1.29 is 4.74 Å². The Labute approximate surface area is 106 Å². The first-order valence-electron chi connectivity index (χ1n) is 5.63. The van der Waals surface area contributed by atoms with Crippen molar-refractivity contribution in [3.05, 3.63) is 35.8 Å². The van der Waals surface area contributed by atoms with E-state index in [1.165, 1.54) is 38.2 Å². The minimum Gasteiger partial charge on any atom is -0.493 e.